The zero-order valence-corrected chi connectivity index (χ0v) is 13.2. The van der Waals surface area contributed by atoms with Crippen molar-refractivity contribution in [2.24, 2.45) is 0 Å². The topological polar surface area (TPSA) is 21.3 Å². The fourth-order valence-corrected chi connectivity index (χ4v) is 2.51. The van der Waals surface area contributed by atoms with Gasteiger partial charge in [0, 0.05) is 18.2 Å². The van der Waals surface area contributed by atoms with Gasteiger partial charge >= 0.3 is 0 Å². The lowest BCUT2D eigenvalue weighted by molar-refractivity contribution is 0.469. The van der Waals surface area contributed by atoms with Gasteiger partial charge in [-0.15, -0.1) is 0 Å². The first-order valence-electron chi connectivity index (χ1n) is 7.39. The minimum absolute atomic E-state index is 0.658. The van der Waals surface area contributed by atoms with E-state index in [1.54, 1.807) is 0 Å². The quantitative estimate of drug-likeness (QED) is 0.839. The van der Waals surface area contributed by atoms with Crippen LogP contribution < -0.4 is 10.1 Å². The van der Waals surface area contributed by atoms with Crippen LogP contribution in [0.4, 0.5) is 0 Å². The van der Waals surface area contributed by atoms with Crippen LogP contribution in [0.1, 0.15) is 29.5 Å². The third-order valence-electron chi connectivity index (χ3n) is 3.76. The largest absolute Gasteiger partial charge is 0.455 e. The van der Waals surface area contributed by atoms with Gasteiger partial charge in [-0.2, -0.15) is 0 Å². The molecule has 0 spiro atoms. The van der Waals surface area contributed by atoms with Crippen molar-refractivity contribution in [1.82, 2.24) is 5.32 Å². The molecule has 1 aliphatic carbocycles. The van der Waals surface area contributed by atoms with Crippen molar-refractivity contribution in [2.75, 3.05) is 0 Å². The van der Waals surface area contributed by atoms with Crippen molar-refractivity contribution >= 4 is 11.6 Å². The summed E-state index contributed by atoms with van der Waals surface area (Å²) in [6.45, 7) is 4.91. The van der Waals surface area contributed by atoms with Crippen LogP contribution in [0.15, 0.2) is 36.4 Å². The smallest absolute Gasteiger partial charge is 0.150 e. The minimum Gasteiger partial charge on any atom is -0.455 e. The summed E-state index contributed by atoms with van der Waals surface area (Å²) >= 11 is 6.35. The molecule has 0 radical (unpaired) electrons. The van der Waals surface area contributed by atoms with Gasteiger partial charge in [-0.3, -0.25) is 0 Å². The highest BCUT2D eigenvalue weighted by Gasteiger charge is 2.21. The number of para-hydroxylation sites is 1. The first-order chi connectivity index (χ1) is 10.1. The molecule has 2 aromatic carbocycles. The molecule has 110 valence electrons. The van der Waals surface area contributed by atoms with E-state index in [1.165, 1.54) is 18.4 Å². The Morgan fingerprint density at radius 2 is 2.00 bits per heavy atom. The molecule has 0 aromatic heterocycles. The summed E-state index contributed by atoms with van der Waals surface area (Å²) in [7, 11) is 0. The van der Waals surface area contributed by atoms with E-state index in [4.69, 9.17) is 16.3 Å². The first-order valence-corrected chi connectivity index (χ1v) is 7.77. The summed E-state index contributed by atoms with van der Waals surface area (Å²) < 4.78 is 6.13. The van der Waals surface area contributed by atoms with Gasteiger partial charge in [0.15, 0.2) is 5.75 Å². The summed E-state index contributed by atoms with van der Waals surface area (Å²) in [6.07, 6.45) is 2.54. The minimum atomic E-state index is 0.658. The predicted octanol–water partition coefficient (Wildman–Crippen LogP) is 5.00. The molecule has 1 saturated carbocycles. The average molecular weight is 302 g/mol. The van der Waals surface area contributed by atoms with Crippen molar-refractivity contribution in [3.8, 4) is 11.5 Å². The fraction of sp³-hybridized carbons (Fsp3) is 0.333. The Labute approximate surface area is 131 Å². The molecule has 0 aliphatic heterocycles. The van der Waals surface area contributed by atoms with E-state index in [-0.39, 0.29) is 0 Å². The Balaban J connectivity index is 1.87. The Hall–Kier alpha value is -1.51. The second kappa shape index (κ2) is 6.08. The van der Waals surface area contributed by atoms with Crippen molar-refractivity contribution in [2.45, 2.75) is 39.3 Å². The number of ether oxygens (including phenoxy) is 1. The molecule has 0 bridgehead atoms. The molecule has 21 heavy (non-hydrogen) atoms. The molecular weight excluding hydrogens is 282 g/mol. The van der Waals surface area contributed by atoms with Gasteiger partial charge in [-0.05, 0) is 49.9 Å². The Kier molecular flexibility index (Phi) is 4.18. The summed E-state index contributed by atoms with van der Waals surface area (Å²) in [5.41, 5.74) is 3.40. The monoisotopic (exact) mass is 301 g/mol. The van der Waals surface area contributed by atoms with E-state index in [0.29, 0.717) is 11.1 Å². The second-order valence-corrected chi connectivity index (χ2v) is 6.16. The number of nitrogens with one attached hydrogen (secondary N) is 1. The molecule has 0 amide bonds. The number of aryl methyl sites for hydroxylation is 2. The van der Waals surface area contributed by atoms with E-state index < -0.39 is 0 Å². The summed E-state index contributed by atoms with van der Waals surface area (Å²) in [4.78, 5) is 0. The van der Waals surface area contributed by atoms with Gasteiger partial charge in [0.1, 0.15) is 5.75 Å². The van der Waals surface area contributed by atoms with E-state index in [9.17, 15) is 0 Å². The normalized spacial score (nSPS) is 14.2. The molecular formula is C18H20ClNO. The average Bonchev–Trinajstić information content (AvgIpc) is 3.27. The summed E-state index contributed by atoms with van der Waals surface area (Å²) in [5.74, 6) is 1.64. The summed E-state index contributed by atoms with van der Waals surface area (Å²) in [5, 5.41) is 4.17. The van der Waals surface area contributed by atoms with Crippen LogP contribution in [-0.2, 0) is 6.54 Å². The third-order valence-corrected chi connectivity index (χ3v) is 4.06. The molecule has 3 rings (SSSR count). The van der Waals surface area contributed by atoms with Crippen LogP contribution >= 0.6 is 11.6 Å². The maximum atomic E-state index is 6.35. The maximum absolute atomic E-state index is 6.35. The van der Waals surface area contributed by atoms with E-state index in [1.807, 2.05) is 19.1 Å². The molecule has 1 N–H and O–H groups in total. The molecule has 2 nitrogen and oxygen atoms in total. The zero-order valence-electron chi connectivity index (χ0n) is 12.4. The number of benzene rings is 2. The number of hydrogen-bond donors (Lipinski definition) is 1. The molecule has 0 atom stereocenters. The zero-order chi connectivity index (χ0) is 14.8. The Morgan fingerprint density at radius 1 is 1.19 bits per heavy atom. The lowest BCUT2D eigenvalue weighted by Crippen LogP contribution is -2.15. The molecule has 3 heteroatoms. The molecule has 0 unspecified atom stereocenters. The SMILES string of the molecule is Cc1ccc(C)c(Oc2c(Cl)cccc2CNC2CC2)c1. The van der Waals surface area contributed by atoms with Gasteiger partial charge in [-0.25, -0.2) is 0 Å². The highest BCUT2D eigenvalue weighted by molar-refractivity contribution is 6.32. The van der Waals surface area contributed by atoms with Crippen molar-refractivity contribution < 1.29 is 4.74 Å². The van der Waals surface area contributed by atoms with Crippen LogP contribution in [-0.4, -0.2) is 6.04 Å². The molecule has 1 fully saturated rings. The lowest BCUT2D eigenvalue weighted by atomic mass is 10.1. The number of hydrogen-bond acceptors (Lipinski definition) is 2. The second-order valence-electron chi connectivity index (χ2n) is 5.75. The lowest BCUT2D eigenvalue weighted by Gasteiger charge is -2.15. The van der Waals surface area contributed by atoms with Crippen LogP contribution in [0.25, 0.3) is 0 Å². The van der Waals surface area contributed by atoms with E-state index in [0.717, 1.165) is 29.2 Å². The number of halogens is 1. The van der Waals surface area contributed by atoms with Gasteiger partial charge in [0.05, 0.1) is 5.02 Å². The number of rotatable bonds is 5. The van der Waals surface area contributed by atoms with Crippen LogP contribution in [0.3, 0.4) is 0 Å². The van der Waals surface area contributed by atoms with Crippen molar-refractivity contribution in [3.05, 3.63) is 58.1 Å². The van der Waals surface area contributed by atoms with Crippen LogP contribution in [0, 0.1) is 13.8 Å². The molecule has 0 heterocycles. The van der Waals surface area contributed by atoms with Crippen LogP contribution in [0.2, 0.25) is 5.02 Å². The van der Waals surface area contributed by atoms with Crippen molar-refractivity contribution in [1.29, 1.82) is 0 Å². The van der Waals surface area contributed by atoms with E-state index in [2.05, 4.69) is 36.5 Å². The fourth-order valence-electron chi connectivity index (χ4n) is 2.28. The Morgan fingerprint density at radius 3 is 2.76 bits per heavy atom. The molecule has 1 aliphatic rings. The van der Waals surface area contributed by atoms with Crippen molar-refractivity contribution in [3.63, 3.8) is 0 Å². The summed E-state index contributed by atoms with van der Waals surface area (Å²) in [6, 6.07) is 12.8. The Bertz CT molecular complexity index is 650. The first kappa shape index (κ1) is 14.4. The van der Waals surface area contributed by atoms with E-state index >= 15 is 0 Å². The van der Waals surface area contributed by atoms with Gasteiger partial charge in [0.25, 0.3) is 0 Å². The van der Waals surface area contributed by atoms with Gasteiger partial charge in [-0.1, -0.05) is 35.9 Å². The highest BCUT2D eigenvalue weighted by atomic mass is 35.5. The predicted molar refractivity (Wildman–Crippen MR) is 87.3 cm³/mol. The maximum Gasteiger partial charge on any atom is 0.150 e. The highest BCUT2D eigenvalue weighted by Crippen LogP contribution is 2.35. The molecule has 2 aromatic rings. The van der Waals surface area contributed by atoms with Gasteiger partial charge < -0.3 is 10.1 Å². The standard InChI is InChI=1S/C18H20ClNO/c1-12-6-7-13(2)17(10-12)21-18-14(4-3-5-16(18)19)11-20-15-8-9-15/h3-7,10,15,20H,8-9,11H2,1-2H3. The van der Waals surface area contributed by atoms with Crippen LogP contribution in [0.5, 0.6) is 11.5 Å². The van der Waals surface area contributed by atoms with Gasteiger partial charge in [0.2, 0.25) is 0 Å². The third kappa shape index (κ3) is 3.58. The molecule has 0 saturated heterocycles.